The van der Waals surface area contributed by atoms with Gasteiger partial charge in [0, 0.05) is 0 Å². The summed E-state index contributed by atoms with van der Waals surface area (Å²) in [5, 5.41) is 12.7. The molecule has 2 nitrogen and oxygen atoms in total. The van der Waals surface area contributed by atoms with Crippen molar-refractivity contribution in [2.75, 3.05) is 13.6 Å². The molecule has 2 heteroatoms. The van der Waals surface area contributed by atoms with Gasteiger partial charge in [-0.3, -0.25) is 0 Å². The minimum Gasteiger partial charge on any atom is -0.633 e. The zero-order valence-electron chi connectivity index (χ0n) is 16.9. The highest BCUT2D eigenvalue weighted by Gasteiger charge is 2.25. The maximum absolute atomic E-state index is 12.7. The summed E-state index contributed by atoms with van der Waals surface area (Å²) in [7, 11) is 1.93. The molecule has 1 atom stereocenters. The monoisotopic (exact) mass is 339 g/mol. The molecule has 0 aromatic rings. The van der Waals surface area contributed by atoms with E-state index in [1.807, 2.05) is 7.05 Å². The van der Waals surface area contributed by atoms with Crippen LogP contribution in [0.4, 0.5) is 0 Å². The Morgan fingerprint density at radius 1 is 0.667 bits per heavy atom. The fourth-order valence-corrected chi connectivity index (χ4v) is 4.25. The Hall–Kier alpha value is -0.0800. The molecular weight excluding hydrogens is 294 g/mol. The van der Waals surface area contributed by atoms with Crippen LogP contribution in [0.25, 0.3) is 0 Å². The summed E-state index contributed by atoms with van der Waals surface area (Å²) in [4.78, 5) is 0. The van der Waals surface area contributed by atoms with Gasteiger partial charge < -0.3 is 9.85 Å². The summed E-state index contributed by atoms with van der Waals surface area (Å²) in [6, 6.07) is 0.399. The molecule has 0 amide bonds. The molecule has 24 heavy (non-hydrogen) atoms. The molecule has 1 fully saturated rings. The van der Waals surface area contributed by atoms with E-state index >= 15 is 0 Å². The normalized spacial score (nSPS) is 18.6. The van der Waals surface area contributed by atoms with Crippen molar-refractivity contribution in [2.45, 2.75) is 129 Å². The summed E-state index contributed by atoms with van der Waals surface area (Å²) >= 11 is 0. The van der Waals surface area contributed by atoms with Crippen LogP contribution >= 0.6 is 0 Å². The molecule has 144 valence electrons. The lowest BCUT2D eigenvalue weighted by molar-refractivity contribution is -0.888. The smallest absolute Gasteiger partial charge is 0.0885 e. The van der Waals surface area contributed by atoms with E-state index in [9.17, 15) is 5.21 Å². The maximum atomic E-state index is 12.7. The van der Waals surface area contributed by atoms with Crippen molar-refractivity contribution in [3.05, 3.63) is 5.21 Å². The van der Waals surface area contributed by atoms with Gasteiger partial charge in [-0.1, -0.05) is 84.0 Å². The number of unbranched alkanes of at least 4 members (excludes halogenated alkanes) is 12. The predicted octanol–water partition coefficient (Wildman–Crippen LogP) is 7.35. The van der Waals surface area contributed by atoms with Gasteiger partial charge in [-0.25, -0.2) is 0 Å². The van der Waals surface area contributed by atoms with Crippen molar-refractivity contribution >= 4 is 0 Å². The number of hydrogen-bond donors (Lipinski definition) is 0. The molecule has 0 aliphatic heterocycles. The molecule has 1 rings (SSSR count). The lowest BCUT2D eigenvalue weighted by Gasteiger charge is -2.47. The summed E-state index contributed by atoms with van der Waals surface area (Å²) in [5.41, 5.74) is 0. The third kappa shape index (κ3) is 10.7. The summed E-state index contributed by atoms with van der Waals surface area (Å²) < 4.78 is 0.0397. The second kappa shape index (κ2) is 14.1. The number of hydroxylamine groups is 3. The summed E-state index contributed by atoms with van der Waals surface area (Å²) in [5.74, 6) is 0. The van der Waals surface area contributed by atoms with Crippen molar-refractivity contribution in [2.24, 2.45) is 0 Å². The van der Waals surface area contributed by atoms with E-state index in [2.05, 4.69) is 6.92 Å². The molecule has 0 N–H and O–H groups in total. The van der Waals surface area contributed by atoms with Gasteiger partial charge in [0.15, 0.2) is 0 Å². The average Bonchev–Trinajstić information content (AvgIpc) is 2.60. The van der Waals surface area contributed by atoms with Crippen LogP contribution in [0.2, 0.25) is 0 Å². The minimum absolute atomic E-state index is 0.0397. The van der Waals surface area contributed by atoms with Gasteiger partial charge in [0.05, 0.1) is 19.6 Å². The van der Waals surface area contributed by atoms with E-state index in [0.717, 1.165) is 13.0 Å². The average molecular weight is 340 g/mol. The van der Waals surface area contributed by atoms with Crippen LogP contribution in [0.3, 0.4) is 0 Å². The van der Waals surface area contributed by atoms with E-state index in [1.54, 1.807) is 0 Å². The van der Waals surface area contributed by atoms with Crippen molar-refractivity contribution in [1.29, 1.82) is 0 Å². The van der Waals surface area contributed by atoms with Gasteiger partial charge in [0.1, 0.15) is 0 Å². The largest absolute Gasteiger partial charge is 0.633 e. The Labute approximate surface area is 152 Å². The van der Waals surface area contributed by atoms with Crippen molar-refractivity contribution in [3.8, 4) is 0 Å². The number of nitrogens with zero attached hydrogens (tertiary/aromatic N) is 1. The minimum atomic E-state index is 0.0397. The molecule has 0 radical (unpaired) electrons. The first-order valence-corrected chi connectivity index (χ1v) is 11.2. The van der Waals surface area contributed by atoms with Crippen molar-refractivity contribution in [1.82, 2.24) is 0 Å². The summed E-state index contributed by atoms with van der Waals surface area (Å²) in [6.07, 6.45) is 24.1. The van der Waals surface area contributed by atoms with E-state index in [0.29, 0.717) is 6.04 Å². The highest BCUT2D eigenvalue weighted by molar-refractivity contribution is 4.67. The maximum Gasteiger partial charge on any atom is 0.0885 e. The van der Waals surface area contributed by atoms with Crippen molar-refractivity contribution < 1.29 is 4.65 Å². The number of hydrogen-bond acceptors (Lipinski definition) is 1. The molecule has 0 aromatic heterocycles. The van der Waals surface area contributed by atoms with Gasteiger partial charge >= 0.3 is 0 Å². The van der Waals surface area contributed by atoms with Crippen LogP contribution in [0.5, 0.6) is 0 Å². The molecule has 1 saturated carbocycles. The Bertz CT molecular complexity index is 271. The number of quaternary nitrogens is 1. The van der Waals surface area contributed by atoms with Gasteiger partial charge in [0.25, 0.3) is 0 Å². The predicted molar refractivity (Wildman–Crippen MR) is 107 cm³/mol. The fraction of sp³-hybridized carbons (Fsp3) is 1.00. The highest BCUT2D eigenvalue weighted by atomic mass is 16.5. The fourth-order valence-electron chi connectivity index (χ4n) is 4.25. The van der Waals surface area contributed by atoms with Crippen molar-refractivity contribution in [3.63, 3.8) is 0 Å². The van der Waals surface area contributed by atoms with Gasteiger partial charge in [-0.05, 0) is 38.5 Å². The molecule has 1 aliphatic carbocycles. The molecule has 0 saturated heterocycles. The van der Waals surface area contributed by atoms with Gasteiger partial charge in [0.2, 0.25) is 0 Å². The van der Waals surface area contributed by atoms with Crippen LogP contribution in [0.15, 0.2) is 0 Å². The molecule has 0 spiro atoms. The molecule has 0 heterocycles. The van der Waals surface area contributed by atoms with Crippen LogP contribution in [-0.2, 0) is 0 Å². The third-order valence-corrected chi connectivity index (χ3v) is 6.05. The topological polar surface area (TPSA) is 23.1 Å². The zero-order chi connectivity index (χ0) is 17.5. The van der Waals surface area contributed by atoms with E-state index in [1.165, 1.54) is 109 Å². The second-order valence-corrected chi connectivity index (χ2v) is 8.43. The first-order valence-electron chi connectivity index (χ1n) is 11.2. The standard InChI is InChI=1S/C22H45NO/c1-3-4-5-6-7-8-9-10-11-12-13-14-18-21-23(2,24)22-19-16-15-17-20-22/h22H,3-21H2,1-2H3. The lowest BCUT2D eigenvalue weighted by Crippen LogP contribution is -2.48. The molecular formula is C22H45NO. The van der Waals surface area contributed by atoms with Crippen LogP contribution < -0.4 is 0 Å². The quantitative estimate of drug-likeness (QED) is 0.174. The summed E-state index contributed by atoms with van der Waals surface area (Å²) in [6.45, 7) is 3.13. The van der Waals surface area contributed by atoms with E-state index < -0.39 is 0 Å². The van der Waals surface area contributed by atoms with Crippen LogP contribution in [-0.4, -0.2) is 24.3 Å². The molecule has 1 aliphatic rings. The Balaban J connectivity index is 1.84. The Morgan fingerprint density at radius 2 is 1.08 bits per heavy atom. The SMILES string of the molecule is CCCCCCCCCCCCCCC[N+](C)([O-])C1CCCCC1. The van der Waals surface area contributed by atoms with Gasteiger partial charge in [-0.15, -0.1) is 0 Å². The first-order chi connectivity index (χ1) is 11.7. The first kappa shape index (κ1) is 22.0. The lowest BCUT2D eigenvalue weighted by atomic mass is 9.94. The molecule has 1 unspecified atom stereocenters. The molecule has 0 bridgehead atoms. The second-order valence-electron chi connectivity index (χ2n) is 8.43. The highest BCUT2D eigenvalue weighted by Crippen LogP contribution is 2.26. The number of rotatable bonds is 15. The third-order valence-electron chi connectivity index (χ3n) is 6.05. The zero-order valence-corrected chi connectivity index (χ0v) is 16.9. The Morgan fingerprint density at radius 3 is 1.54 bits per heavy atom. The van der Waals surface area contributed by atoms with Crippen LogP contribution in [0.1, 0.15) is 122 Å². The molecule has 0 aromatic carbocycles. The van der Waals surface area contributed by atoms with E-state index in [-0.39, 0.29) is 4.65 Å². The van der Waals surface area contributed by atoms with E-state index in [4.69, 9.17) is 0 Å². The van der Waals surface area contributed by atoms with Crippen LogP contribution in [0, 0.1) is 5.21 Å². The van der Waals surface area contributed by atoms with Gasteiger partial charge in [-0.2, -0.15) is 0 Å². The Kier molecular flexibility index (Phi) is 12.9.